The molecule has 0 aromatic heterocycles. The molecule has 8 nitrogen and oxygen atoms in total. The fourth-order valence-corrected chi connectivity index (χ4v) is 3.32. The average Bonchev–Trinajstić information content (AvgIpc) is 2.87. The molecule has 0 saturated carbocycles. The van der Waals surface area contributed by atoms with Crippen molar-refractivity contribution in [1.82, 2.24) is 4.72 Å². The number of nitrogens with zero attached hydrogens (tertiary/aromatic N) is 1. The number of anilines is 3. The van der Waals surface area contributed by atoms with Crippen LogP contribution in [-0.2, 0) is 16.0 Å². The van der Waals surface area contributed by atoms with Crippen LogP contribution in [0.15, 0.2) is 36.4 Å². The van der Waals surface area contributed by atoms with E-state index in [0.29, 0.717) is 5.69 Å². The van der Waals surface area contributed by atoms with Crippen molar-refractivity contribution in [3.05, 3.63) is 47.8 Å². The first-order valence-corrected chi connectivity index (χ1v) is 8.60. The number of benzene rings is 2. The molecule has 0 radical (unpaired) electrons. The fraction of sp³-hybridized carbons (Fsp3) is 0.125. The van der Waals surface area contributed by atoms with Gasteiger partial charge >= 0.3 is 6.03 Å². The zero-order valence-corrected chi connectivity index (χ0v) is 14.4. The molecular weight excluding hydrogens is 363 g/mol. The second kappa shape index (κ2) is 7.00. The Balaban J connectivity index is 1.75. The number of amides is 3. The standard InChI is InChI=1S/C16H15FN4O4S/c1-9-2-4-10(5-3-9)18-16(24)19-11-6-12(17)15(13(22)7-11)21-8-14(23)20-26(21)25/h2-7,22H,8H2,1H3,(H,20,23)(H2,18,19,24). The Morgan fingerprint density at radius 1 is 1.23 bits per heavy atom. The SMILES string of the molecule is Cc1ccc(NC(=O)Nc2cc(O)c(N3CC(=O)NS3=O)c(F)c2)cc1. The number of hydrogen-bond acceptors (Lipinski definition) is 4. The van der Waals surface area contributed by atoms with Gasteiger partial charge in [0.25, 0.3) is 5.91 Å². The summed E-state index contributed by atoms with van der Waals surface area (Å²) in [6.45, 7) is 1.56. The van der Waals surface area contributed by atoms with Gasteiger partial charge in [0, 0.05) is 17.4 Å². The normalized spacial score (nSPS) is 16.3. The largest absolute Gasteiger partial charge is 0.506 e. The molecule has 1 fully saturated rings. The van der Waals surface area contributed by atoms with Crippen molar-refractivity contribution in [1.29, 1.82) is 0 Å². The number of carbonyl (C=O) groups is 2. The average molecular weight is 378 g/mol. The summed E-state index contributed by atoms with van der Waals surface area (Å²) in [5.41, 5.74) is 1.20. The molecule has 1 atom stereocenters. The molecular formula is C16H15FN4O4S. The van der Waals surface area contributed by atoms with Gasteiger partial charge in [-0.1, -0.05) is 17.7 Å². The Hall–Kier alpha value is -3.14. The van der Waals surface area contributed by atoms with Crippen molar-refractivity contribution in [2.75, 3.05) is 21.5 Å². The summed E-state index contributed by atoms with van der Waals surface area (Å²) < 4.78 is 29.1. The number of nitrogens with one attached hydrogen (secondary N) is 3. The molecule has 0 spiro atoms. The molecule has 26 heavy (non-hydrogen) atoms. The van der Waals surface area contributed by atoms with E-state index in [1.807, 2.05) is 19.1 Å². The van der Waals surface area contributed by atoms with Crippen molar-refractivity contribution < 1.29 is 23.3 Å². The summed E-state index contributed by atoms with van der Waals surface area (Å²) in [6.07, 6.45) is 0. The second-order valence-electron chi connectivity index (χ2n) is 5.58. The minimum Gasteiger partial charge on any atom is -0.506 e. The Bertz CT molecular complexity index is 881. The minimum atomic E-state index is -1.97. The molecule has 2 aromatic rings. The van der Waals surface area contributed by atoms with Gasteiger partial charge in [0.2, 0.25) is 11.2 Å². The van der Waals surface area contributed by atoms with E-state index in [1.165, 1.54) is 0 Å². The van der Waals surface area contributed by atoms with Crippen LogP contribution in [-0.4, -0.2) is 27.8 Å². The van der Waals surface area contributed by atoms with Crippen LogP contribution in [0.3, 0.4) is 0 Å². The van der Waals surface area contributed by atoms with Gasteiger partial charge in [0.05, 0.1) is 0 Å². The van der Waals surface area contributed by atoms with E-state index in [1.54, 1.807) is 12.1 Å². The molecule has 3 rings (SSSR count). The van der Waals surface area contributed by atoms with Gasteiger partial charge in [0.1, 0.15) is 18.0 Å². The predicted octanol–water partition coefficient (Wildman–Crippen LogP) is 2.00. The lowest BCUT2D eigenvalue weighted by Crippen LogP contribution is -2.24. The Labute approximate surface area is 150 Å². The number of aromatic hydroxyl groups is 1. The first-order valence-electron chi connectivity index (χ1n) is 7.49. The van der Waals surface area contributed by atoms with E-state index in [9.17, 15) is 23.3 Å². The van der Waals surface area contributed by atoms with Crippen molar-refractivity contribution in [2.24, 2.45) is 0 Å². The predicted molar refractivity (Wildman–Crippen MR) is 95.5 cm³/mol. The molecule has 3 amide bonds. The Kier molecular flexibility index (Phi) is 4.76. The van der Waals surface area contributed by atoms with Crippen LogP contribution in [0.5, 0.6) is 5.75 Å². The maximum absolute atomic E-state index is 14.3. The highest BCUT2D eigenvalue weighted by Crippen LogP contribution is 2.35. The lowest BCUT2D eigenvalue weighted by Gasteiger charge is -2.17. The summed E-state index contributed by atoms with van der Waals surface area (Å²) in [6, 6.07) is 8.51. The number of hydrogen-bond donors (Lipinski definition) is 4. The smallest absolute Gasteiger partial charge is 0.323 e. The van der Waals surface area contributed by atoms with E-state index in [-0.39, 0.29) is 17.9 Å². The van der Waals surface area contributed by atoms with Crippen LogP contribution in [0.4, 0.5) is 26.2 Å². The van der Waals surface area contributed by atoms with Gasteiger partial charge in [-0.25, -0.2) is 13.4 Å². The van der Waals surface area contributed by atoms with E-state index in [0.717, 1.165) is 22.0 Å². The molecule has 1 heterocycles. The zero-order chi connectivity index (χ0) is 18.8. The van der Waals surface area contributed by atoms with Gasteiger partial charge in [0.15, 0.2) is 5.82 Å². The van der Waals surface area contributed by atoms with Crippen molar-refractivity contribution >= 4 is 40.2 Å². The molecule has 0 bridgehead atoms. The molecule has 1 saturated heterocycles. The first-order chi connectivity index (χ1) is 12.3. The van der Waals surface area contributed by atoms with Crippen LogP contribution in [0.1, 0.15) is 5.56 Å². The summed E-state index contributed by atoms with van der Waals surface area (Å²) in [5.74, 6) is -2.04. The fourth-order valence-electron chi connectivity index (χ4n) is 2.37. The third-order valence-corrected chi connectivity index (χ3v) is 4.66. The maximum atomic E-state index is 14.3. The van der Waals surface area contributed by atoms with Gasteiger partial charge in [-0.3, -0.25) is 13.8 Å². The number of rotatable bonds is 3. The summed E-state index contributed by atoms with van der Waals surface area (Å²) in [5, 5.41) is 15.0. The number of aryl methyl sites for hydroxylation is 1. The van der Waals surface area contributed by atoms with E-state index in [4.69, 9.17) is 0 Å². The van der Waals surface area contributed by atoms with Crippen molar-refractivity contribution in [3.8, 4) is 5.75 Å². The van der Waals surface area contributed by atoms with E-state index in [2.05, 4.69) is 15.4 Å². The maximum Gasteiger partial charge on any atom is 0.323 e. The lowest BCUT2D eigenvalue weighted by molar-refractivity contribution is -0.117. The zero-order valence-electron chi connectivity index (χ0n) is 13.6. The lowest BCUT2D eigenvalue weighted by atomic mass is 10.2. The molecule has 1 aliphatic heterocycles. The van der Waals surface area contributed by atoms with Crippen LogP contribution >= 0.6 is 0 Å². The Morgan fingerprint density at radius 2 is 1.88 bits per heavy atom. The molecule has 10 heteroatoms. The van der Waals surface area contributed by atoms with Crippen LogP contribution in [0.25, 0.3) is 0 Å². The first kappa shape index (κ1) is 17.7. The summed E-state index contributed by atoms with van der Waals surface area (Å²) in [7, 11) is 0. The van der Waals surface area contributed by atoms with Crippen molar-refractivity contribution in [2.45, 2.75) is 6.92 Å². The summed E-state index contributed by atoms with van der Waals surface area (Å²) >= 11 is -1.97. The monoisotopic (exact) mass is 378 g/mol. The molecule has 1 unspecified atom stereocenters. The van der Waals surface area contributed by atoms with Gasteiger partial charge in [-0.2, -0.15) is 0 Å². The third kappa shape index (κ3) is 3.75. The molecule has 0 aliphatic carbocycles. The number of phenolic OH excluding ortho intramolecular Hbond substituents is 1. The van der Waals surface area contributed by atoms with Crippen molar-refractivity contribution in [3.63, 3.8) is 0 Å². The second-order valence-corrected chi connectivity index (χ2v) is 6.73. The van der Waals surface area contributed by atoms with Gasteiger partial charge < -0.3 is 15.7 Å². The molecule has 4 N–H and O–H groups in total. The molecule has 136 valence electrons. The highest BCUT2D eigenvalue weighted by molar-refractivity contribution is 7.85. The molecule has 2 aromatic carbocycles. The molecule has 1 aliphatic rings. The minimum absolute atomic E-state index is 0.00220. The number of phenols is 1. The van der Waals surface area contributed by atoms with Crippen LogP contribution in [0.2, 0.25) is 0 Å². The highest BCUT2D eigenvalue weighted by atomic mass is 32.2. The van der Waals surface area contributed by atoms with Gasteiger partial charge in [-0.05, 0) is 25.1 Å². The number of urea groups is 1. The number of carbonyl (C=O) groups excluding carboxylic acids is 2. The van der Waals surface area contributed by atoms with Gasteiger partial charge in [-0.15, -0.1) is 0 Å². The quantitative estimate of drug-likeness (QED) is 0.655. The van der Waals surface area contributed by atoms with E-state index < -0.39 is 34.7 Å². The summed E-state index contributed by atoms with van der Waals surface area (Å²) in [4.78, 5) is 23.2. The number of halogens is 1. The topological polar surface area (TPSA) is 111 Å². The van der Waals surface area contributed by atoms with E-state index >= 15 is 0 Å². The van der Waals surface area contributed by atoms with Crippen LogP contribution in [0, 0.1) is 12.7 Å². The highest BCUT2D eigenvalue weighted by Gasteiger charge is 2.31. The Morgan fingerprint density at radius 3 is 2.46 bits per heavy atom. The third-order valence-electron chi connectivity index (χ3n) is 3.55. The van der Waals surface area contributed by atoms with Crippen LogP contribution < -0.4 is 19.7 Å².